The molecule has 1 aromatic heterocycles. The van der Waals surface area contributed by atoms with Gasteiger partial charge in [-0.1, -0.05) is 30.3 Å². The van der Waals surface area contributed by atoms with E-state index in [2.05, 4.69) is 17.2 Å². The number of anilines is 1. The van der Waals surface area contributed by atoms with E-state index in [0.29, 0.717) is 16.9 Å². The molecule has 2 aromatic rings. The number of rotatable bonds is 6. The number of thiazole rings is 1. The van der Waals surface area contributed by atoms with Gasteiger partial charge in [0.1, 0.15) is 0 Å². The van der Waals surface area contributed by atoms with Gasteiger partial charge in [0.15, 0.2) is 5.13 Å². The zero-order valence-corrected chi connectivity index (χ0v) is 17.4. The largest absolute Gasteiger partial charge is 0.339 e. The van der Waals surface area contributed by atoms with E-state index in [1.807, 2.05) is 42.2 Å². The number of nitrogens with zero attached hydrogens (tertiary/aromatic N) is 2. The van der Waals surface area contributed by atoms with Gasteiger partial charge in [-0.15, -0.1) is 23.1 Å². The SMILES string of the molecule is Cc1sc(NC(=O)CSCC(=O)N2CCCC[C@H]2C)nc1-c1ccccc1. The fourth-order valence-corrected chi connectivity index (χ4v) is 4.80. The van der Waals surface area contributed by atoms with Gasteiger partial charge in [0.25, 0.3) is 0 Å². The first kappa shape index (κ1) is 19.9. The Morgan fingerprint density at radius 1 is 1.26 bits per heavy atom. The minimum absolute atomic E-state index is 0.118. The van der Waals surface area contributed by atoms with E-state index in [0.717, 1.165) is 35.5 Å². The van der Waals surface area contributed by atoms with E-state index in [-0.39, 0.29) is 17.6 Å². The standard InChI is InChI=1S/C20H25N3O2S2/c1-14-8-6-7-11-23(14)18(25)13-26-12-17(24)21-20-22-19(15(2)27-20)16-9-4-3-5-10-16/h3-5,9-10,14H,6-8,11-13H2,1-2H3,(H,21,22,24)/t14-/m1/s1. The highest BCUT2D eigenvalue weighted by Crippen LogP contribution is 2.30. The van der Waals surface area contributed by atoms with Gasteiger partial charge in [-0.2, -0.15) is 0 Å². The Kier molecular flexibility index (Phi) is 6.90. The number of hydrogen-bond acceptors (Lipinski definition) is 5. The molecule has 0 radical (unpaired) electrons. The van der Waals surface area contributed by atoms with Gasteiger partial charge in [-0.3, -0.25) is 9.59 Å². The summed E-state index contributed by atoms with van der Waals surface area (Å²) in [5.41, 5.74) is 1.94. The number of carbonyl (C=O) groups excluding carboxylic acids is 2. The molecule has 1 N–H and O–H groups in total. The number of piperidine rings is 1. The van der Waals surface area contributed by atoms with Crippen LogP contribution in [0.2, 0.25) is 0 Å². The molecule has 0 unspecified atom stereocenters. The highest BCUT2D eigenvalue weighted by Gasteiger charge is 2.23. The maximum Gasteiger partial charge on any atom is 0.236 e. The molecule has 5 nitrogen and oxygen atoms in total. The predicted octanol–water partition coefficient (Wildman–Crippen LogP) is 4.19. The van der Waals surface area contributed by atoms with Crippen molar-refractivity contribution in [3.05, 3.63) is 35.2 Å². The minimum atomic E-state index is -0.118. The molecule has 0 bridgehead atoms. The second-order valence-corrected chi connectivity index (χ2v) is 8.95. The normalized spacial score (nSPS) is 17.0. The lowest BCUT2D eigenvalue weighted by atomic mass is 10.0. The molecule has 1 aromatic carbocycles. The molecule has 1 aliphatic heterocycles. The summed E-state index contributed by atoms with van der Waals surface area (Å²) in [5, 5.41) is 3.46. The lowest BCUT2D eigenvalue weighted by Gasteiger charge is -2.33. The average molecular weight is 404 g/mol. The Hall–Kier alpha value is -1.86. The minimum Gasteiger partial charge on any atom is -0.339 e. The third-order valence-corrected chi connectivity index (χ3v) is 6.48. The number of carbonyl (C=O) groups is 2. The van der Waals surface area contributed by atoms with Crippen molar-refractivity contribution in [1.29, 1.82) is 0 Å². The summed E-state index contributed by atoms with van der Waals surface area (Å²) in [5.74, 6) is 0.626. The molecule has 0 saturated carbocycles. The second kappa shape index (κ2) is 9.37. The summed E-state index contributed by atoms with van der Waals surface area (Å²) in [6.07, 6.45) is 3.34. The molecule has 1 saturated heterocycles. The summed E-state index contributed by atoms with van der Waals surface area (Å²) >= 11 is 2.84. The lowest BCUT2D eigenvalue weighted by Crippen LogP contribution is -2.43. The van der Waals surface area contributed by atoms with Crippen molar-refractivity contribution in [3.63, 3.8) is 0 Å². The number of thioether (sulfide) groups is 1. The first-order valence-electron chi connectivity index (χ1n) is 9.24. The smallest absolute Gasteiger partial charge is 0.236 e. The third kappa shape index (κ3) is 5.32. The van der Waals surface area contributed by atoms with Crippen LogP contribution in [0.25, 0.3) is 11.3 Å². The maximum absolute atomic E-state index is 12.3. The van der Waals surface area contributed by atoms with Gasteiger partial charge in [-0.25, -0.2) is 4.98 Å². The monoisotopic (exact) mass is 403 g/mol. The number of likely N-dealkylation sites (tertiary alicyclic amines) is 1. The van der Waals surface area contributed by atoms with E-state index in [1.165, 1.54) is 29.5 Å². The first-order chi connectivity index (χ1) is 13.0. The highest BCUT2D eigenvalue weighted by molar-refractivity contribution is 8.00. The van der Waals surface area contributed by atoms with Crippen LogP contribution >= 0.6 is 23.1 Å². The van der Waals surface area contributed by atoms with E-state index in [4.69, 9.17) is 0 Å². The van der Waals surface area contributed by atoms with Gasteiger partial charge in [0.2, 0.25) is 11.8 Å². The first-order valence-corrected chi connectivity index (χ1v) is 11.2. The van der Waals surface area contributed by atoms with Crippen LogP contribution in [-0.4, -0.2) is 45.8 Å². The van der Waals surface area contributed by atoms with Crippen molar-refractivity contribution < 1.29 is 9.59 Å². The average Bonchev–Trinajstić information content (AvgIpc) is 3.02. The Morgan fingerprint density at radius 3 is 2.78 bits per heavy atom. The molecule has 27 heavy (non-hydrogen) atoms. The Bertz CT molecular complexity index is 792. The van der Waals surface area contributed by atoms with Crippen LogP contribution < -0.4 is 5.32 Å². The fraction of sp³-hybridized carbons (Fsp3) is 0.450. The zero-order valence-electron chi connectivity index (χ0n) is 15.7. The molecule has 3 rings (SSSR count). The van der Waals surface area contributed by atoms with Gasteiger partial charge < -0.3 is 10.2 Å². The van der Waals surface area contributed by atoms with Crippen LogP contribution in [0, 0.1) is 6.92 Å². The molecule has 2 heterocycles. The molecule has 0 aliphatic carbocycles. The molecule has 0 spiro atoms. The third-order valence-electron chi connectivity index (χ3n) is 4.67. The van der Waals surface area contributed by atoms with Crippen LogP contribution in [0.3, 0.4) is 0 Å². The maximum atomic E-state index is 12.3. The summed E-state index contributed by atoms with van der Waals surface area (Å²) in [7, 11) is 0. The number of benzene rings is 1. The van der Waals surface area contributed by atoms with Crippen molar-refractivity contribution in [1.82, 2.24) is 9.88 Å². The molecule has 7 heteroatoms. The fourth-order valence-electron chi connectivity index (χ4n) is 3.25. The molecule has 144 valence electrons. The quantitative estimate of drug-likeness (QED) is 0.785. The van der Waals surface area contributed by atoms with Crippen molar-refractivity contribution in [2.75, 3.05) is 23.4 Å². The van der Waals surface area contributed by atoms with Crippen LogP contribution in [0.5, 0.6) is 0 Å². The van der Waals surface area contributed by atoms with E-state index in [1.54, 1.807) is 0 Å². The van der Waals surface area contributed by atoms with Gasteiger partial charge >= 0.3 is 0 Å². The summed E-state index contributed by atoms with van der Waals surface area (Å²) in [6.45, 7) is 4.94. The highest BCUT2D eigenvalue weighted by atomic mass is 32.2. The van der Waals surface area contributed by atoms with Gasteiger partial charge in [0.05, 0.1) is 17.2 Å². The summed E-state index contributed by atoms with van der Waals surface area (Å²) < 4.78 is 0. The van der Waals surface area contributed by atoms with Crippen LogP contribution in [0.1, 0.15) is 31.1 Å². The molecule has 2 amide bonds. The van der Waals surface area contributed by atoms with Crippen LogP contribution in [0.4, 0.5) is 5.13 Å². The van der Waals surface area contributed by atoms with Crippen LogP contribution in [-0.2, 0) is 9.59 Å². The van der Waals surface area contributed by atoms with Gasteiger partial charge in [-0.05, 0) is 33.1 Å². The van der Waals surface area contributed by atoms with Crippen LogP contribution in [0.15, 0.2) is 30.3 Å². The number of hydrogen-bond donors (Lipinski definition) is 1. The topological polar surface area (TPSA) is 62.3 Å². The Morgan fingerprint density at radius 2 is 2.04 bits per heavy atom. The number of nitrogens with one attached hydrogen (secondary N) is 1. The summed E-state index contributed by atoms with van der Waals surface area (Å²) in [4.78, 5) is 32.1. The number of aromatic nitrogens is 1. The Labute approximate surface area is 168 Å². The van der Waals surface area contributed by atoms with Gasteiger partial charge in [0, 0.05) is 23.0 Å². The lowest BCUT2D eigenvalue weighted by molar-refractivity contribution is -0.131. The number of amides is 2. The number of aryl methyl sites for hydroxylation is 1. The molecular weight excluding hydrogens is 378 g/mol. The van der Waals surface area contributed by atoms with Crippen molar-refractivity contribution in [3.8, 4) is 11.3 Å². The molecule has 1 atom stereocenters. The van der Waals surface area contributed by atoms with E-state index < -0.39 is 0 Å². The van der Waals surface area contributed by atoms with Crippen molar-refractivity contribution in [2.24, 2.45) is 0 Å². The zero-order chi connectivity index (χ0) is 19.2. The van der Waals surface area contributed by atoms with E-state index >= 15 is 0 Å². The van der Waals surface area contributed by atoms with Crippen molar-refractivity contribution >= 4 is 40.0 Å². The Balaban J connectivity index is 1.48. The molecular formula is C20H25N3O2S2. The van der Waals surface area contributed by atoms with E-state index in [9.17, 15) is 9.59 Å². The molecule has 1 aliphatic rings. The molecule has 1 fully saturated rings. The van der Waals surface area contributed by atoms with Crippen molar-refractivity contribution in [2.45, 2.75) is 39.2 Å². The predicted molar refractivity (Wildman–Crippen MR) is 113 cm³/mol. The second-order valence-electron chi connectivity index (χ2n) is 6.76. The summed E-state index contributed by atoms with van der Waals surface area (Å²) in [6, 6.07) is 10.3.